The Labute approximate surface area is 137 Å². The maximum atomic E-state index is 13.1. The number of alkyl halides is 3. The van der Waals surface area contributed by atoms with Crippen LogP contribution in [0.1, 0.15) is 39.5 Å². The van der Waals surface area contributed by atoms with Gasteiger partial charge in [0.05, 0.1) is 12.0 Å². The Kier molecular flexibility index (Phi) is 6.39. The molecular formula is C15H21F3N2O4. The Morgan fingerprint density at radius 2 is 1.92 bits per heavy atom. The molecule has 0 aromatic rings. The maximum Gasteiger partial charge on any atom is 0.431 e. The van der Waals surface area contributed by atoms with E-state index in [1.165, 1.54) is 0 Å². The lowest BCUT2D eigenvalue weighted by atomic mass is 9.74. The molecule has 0 radical (unpaired) electrons. The summed E-state index contributed by atoms with van der Waals surface area (Å²) in [4.78, 5) is 22.8. The van der Waals surface area contributed by atoms with Gasteiger partial charge in [0.25, 0.3) is 0 Å². The predicted octanol–water partition coefficient (Wildman–Crippen LogP) is 2.64. The minimum atomic E-state index is -4.91. The van der Waals surface area contributed by atoms with Crippen molar-refractivity contribution in [3.8, 4) is 0 Å². The van der Waals surface area contributed by atoms with Crippen molar-refractivity contribution in [3.05, 3.63) is 11.3 Å². The molecule has 0 saturated heterocycles. The first-order chi connectivity index (χ1) is 11.0. The molecule has 0 atom stereocenters. The van der Waals surface area contributed by atoms with Gasteiger partial charge in [0.1, 0.15) is 11.3 Å². The minimum absolute atomic E-state index is 0.170. The van der Waals surface area contributed by atoms with Crippen molar-refractivity contribution in [2.45, 2.75) is 51.7 Å². The molecule has 24 heavy (non-hydrogen) atoms. The zero-order valence-corrected chi connectivity index (χ0v) is 13.5. The highest BCUT2D eigenvalue weighted by Crippen LogP contribution is 2.38. The average Bonchev–Trinajstić information content (AvgIpc) is 2.48. The first-order valence-electron chi connectivity index (χ1n) is 7.54. The summed E-state index contributed by atoms with van der Waals surface area (Å²) in [5.41, 5.74) is -3.32. The first kappa shape index (κ1) is 20.0. The van der Waals surface area contributed by atoms with E-state index in [1.807, 2.05) is 0 Å². The Hall–Kier alpha value is -2.06. The zero-order valence-electron chi connectivity index (χ0n) is 13.5. The van der Waals surface area contributed by atoms with Gasteiger partial charge in [-0.2, -0.15) is 13.2 Å². The van der Waals surface area contributed by atoms with Gasteiger partial charge in [0.2, 0.25) is 0 Å². The van der Waals surface area contributed by atoms with Gasteiger partial charge in [0, 0.05) is 12.3 Å². The number of ether oxygens (including phenoxy) is 1. The van der Waals surface area contributed by atoms with Crippen molar-refractivity contribution >= 4 is 18.2 Å². The molecule has 0 amide bonds. The van der Waals surface area contributed by atoms with Gasteiger partial charge < -0.3 is 20.6 Å². The molecule has 1 fully saturated rings. The van der Waals surface area contributed by atoms with Crippen molar-refractivity contribution in [2.24, 2.45) is 5.41 Å². The van der Waals surface area contributed by atoms with Gasteiger partial charge in [-0.1, -0.05) is 0 Å². The molecule has 1 saturated carbocycles. The van der Waals surface area contributed by atoms with Crippen LogP contribution in [0.15, 0.2) is 11.3 Å². The molecule has 0 aromatic heterocycles. The first-order valence-corrected chi connectivity index (χ1v) is 7.54. The fourth-order valence-corrected chi connectivity index (χ4v) is 2.67. The van der Waals surface area contributed by atoms with Crippen LogP contribution in [0.3, 0.4) is 0 Å². The van der Waals surface area contributed by atoms with E-state index in [0.29, 0.717) is 12.8 Å². The second-order valence-corrected chi connectivity index (χ2v) is 5.94. The van der Waals surface area contributed by atoms with Crippen LogP contribution in [0.2, 0.25) is 0 Å². The van der Waals surface area contributed by atoms with E-state index < -0.39 is 34.9 Å². The van der Waals surface area contributed by atoms with Crippen molar-refractivity contribution in [1.29, 1.82) is 5.41 Å². The fourth-order valence-electron chi connectivity index (χ4n) is 2.67. The normalized spacial score (nSPS) is 25.5. The summed E-state index contributed by atoms with van der Waals surface area (Å²) in [5, 5.41) is 18.0. The summed E-state index contributed by atoms with van der Waals surface area (Å²) in [6, 6.07) is -0.626. The zero-order chi connectivity index (χ0) is 18.5. The molecule has 3 N–H and O–H groups in total. The highest BCUT2D eigenvalue weighted by Gasteiger charge is 2.42. The number of carboxylic acids is 1. The van der Waals surface area contributed by atoms with Gasteiger partial charge in [-0.15, -0.1) is 0 Å². The van der Waals surface area contributed by atoms with E-state index in [-0.39, 0.29) is 31.6 Å². The van der Waals surface area contributed by atoms with Crippen LogP contribution in [-0.4, -0.2) is 42.1 Å². The third-order valence-corrected chi connectivity index (χ3v) is 4.13. The van der Waals surface area contributed by atoms with Gasteiger partial charge in [-0.25, -0.2) is 4.79 Å². The number of allylic oxidation sites excluding steroid dienone is 1. The number of hydrogen-bond donors (Lipinski definition) is 3. The second-order valence-electron chi connectivity index (χ2n) is 5.94. The fraction of sp³-hybridized carbons (Fsp3) is 0.667. The molecule has 0 bridgehead atoms. The summed E-state index contributed by atoms with van der Waals surface area (Å²) in [7, 11) is 0. The molecule has 0 unspecified atom stereocenters. The molecule has 0 spiro atoms. The Bertz CT molecular complexity index is 535. The summed E-state index contributed by atoms with van der Waals surface area (Å²) in [6.07, 6.45) is -3.54. The quantitative estimate of drug-likeness (QED) is 0.388. The van der Waals surface area contributed by atoms with Crippen LogP contribution in [0.25, 0.3) is 0 Å². The Morgan fingerprint density at radius 1 is 1.38 bits per heavy atom. The Morgan fingerprint density at radius 3 is 2.29 bits per heavy atom. The lowest BCUT2D eigenvalue weighted by Gasteiger charge is -2.36. The molecule has 0 aromatic carbocycles. The van der Waals surface area contributed by atoms with E-state index in [0.717, 1.165) is 0 Å². The Balaban J connectivity index is 2.88. The monoisotopic (exact) mass is 350 g/mol. The number of carboxylic acid groups (broad SMARTS) is 1. The molecular weight excluding hydrogens is 329 g/mol. The molecule has 0 heterocycles. The number of rotatable bonds is 6. The number of aliphatic carboxylic acids is 1. The SMILES string of the molecule is CCOC(=O)[C@]1(C)CC[C@H](N/C(=C(\C=N)C(=O)O)C(F)(F)F)CC1. The second kappa shape index (κ2) is 7.67. The van der Waals surface area contributed by atoms with E-state index in [4.69, 9.17) is 15.3 Å². The third-order valence-electron chi connectivity index (χ3n) is 4.13. The van der Waals surface area contributed by atoms with E-state index in [2.05, 4.69) is 5.32 Å². The lowest BCUT2D eigenvalue weighted by molar-refractivity contribution is -0.156. The smallest absolute Gasteiger partial charge is 0.431 e. The molecule has 1 aliphatic carbocycles. The molecule has 9 heteroatoms. The highest BCUT2D eigenvalue weighted by molar-refractivity contribution is 6.08. The van der Waals surface area contributed by atoms with Crippen LogP contribution in [0.4, 0.5) is 13.2 Å². The molecule has 6 nitrogen and oxygen atoms in total. The van der Waals surface area contributed by atoms with Gasteiger partial charge in [0.15, 0.2) is 0 Å². The van der Waals surface area contributed by atoms with Crippen LogP contribution < -0.4 is 5.32 Å². The van der Waals surface area contributed by atoms with Crippen molar-refractivity contribution in [2.75, 3.05) is 6.61 Å². The van der Waals surface area contributed by atoms with Crippen LogP contribution >= 0.6 is 0 Å². The summed E-state index contributed by atoms with van der Waals surface area (Å²) < 4.78 is 44.3. The average molecular weight is 350 g/mol. The number of carbonyl (C=O) groups is 2. The van der Waals surface area contributed by atoms with Gasteiger partial charge in [-0.05, 0) is 39.5 Å². The molecule has 136 valence electrons. The van der Waals surface area contributed by atoms with Crippen molar-refractivity contribution < 1.29 is 32.6 Å². The number of esters is 1. The molecule has 0 aliphatic heterocycles. The third kappa shape index (κ3) is 4.72. The van der Waals surface area contributed by atoms with Gasteiger partial charge in [-0.3, -0.25) is 4.79 Å². The number of nitrogens with one attached hydrogen (secondary N) is 2. The summed E-state index contributed by atoms with van der Waals surface area (Å²) >= 11 is 0. The lowest BCUT2D eigenvalue weighted by Crippen LogP contribution is -2.43. The highest BCUT2D eigenvalue weighted by atomic mass is 19.4. The number of halogens is 3. The largest absolute Gasteiger partial charge is 0.478 e. The maximum absolute atomic E-state index is 13.1. The van der Waals surface area contributed by atoms with Crippen LogP contribution in [0, 0.1) is 10.8 Å². The summed E-state index contributed by atoms with van der Waals surface area (Å²) in [6.45, 7) is 3.62. The number of hydrogen-bond acceptors (Lipinski definition) is 5. The molecule has 1 rings (SSSR count). The van der Waals surface area contributed by atoms with E-state index >= 15 is 0 Å². The van der Waals surface area contributed by atoms with Crippen molar-refractivity contribution in [3.63, 3.8) is 0 Å². The number of carbonyl (C=O) groups excluding carboxylic acids is 1. The van der Waals surface area contributed by atoms with Crippen LogP contribution in [-0.2, 0) is 14.3 Å². The summed E-state index contributed by atoms with van der Waals surface area (Å²) in [5.74, 6) is -2.20. The van der Waals surface area contributed by atoms with E-state index in [1.54, 1.807) is 13.8 Å². The van der Waals surface area contributed by atoms with E-state index in [9.17, 15) is 22.8 Å². The minimum Gasteiger partial charge on any atom is -0.478 e. The molecule has 1 aliphatic rings. The predicted molar refractivity (Wildman–Crippen MR) is 79.6 cm³/mol. The van der Waals surface area contributed by atoms with Crippen LogP contribution in [0.5, 0.6) is 0 Å². The van der Waals surface area contributed by atoms with Crippen molar-refractivity contribution in [1.82, 2.24) is 5.32 Å². The standard InChI is InChI=1S/C15H21F3N2O4/c1-3-24-13(23)14(2)6-4-9(5-7-14)20-11(15(16,17)18)10(8-19)12(21)22/h8-9,19-20H,3-7H2,1-2H3,(H,21,22)/b11-10+,19-8?/t9-,14+. The topological polar surface area (TPSA) is 99.5 Å². The van der Waals surface area contributed by atoms with Gasteiger partial charge >= 0.3 is 18.1 Å².